The minimum atomic E-state index is -3.73. The lowest BCUT2D eigenvalue weighted by atomic mass is 9.92. The van der Waals surface area contributed by atoms with Crippen molar-refractivity contribution in [3.05, 3.63) is 81.7 Å². The molecule has 0 atom stereocenters. The van der Waals surface area contributed by atoms with Crippen LogP contribution in [0.25, 0.3) is 11.6 Å². The first kappa shape index (κ1) is 27.6. The average molecular weight is 587 g/mol. The predicted molar refractivity (Wildman–Crippen MR) is 164 cm³/mol. The van der Waals surface area contributed by atoms with Crippen LogP contribution < -0.4 is 5.32 Å². The van der Waals surface area contributed by atoms with Crippen LogP contribution in [0.5, 0.6) is 0 Å². The summed E-state index contributed by atoms with van der Waals surface area (Å²) in [5.74, 6) is -0.196. The van der Waals surface area contributed by atoms with Gasteiger partial charge in [-0.2, -0.15) is 4.31 Å². The molecule has 7 rings (SSSR count). The van der Waals surface area contributed by atoms with Crippen molar-refractivity contribution in [3.8, 4) is 0 Å². The molecule has 1 aromatic heterocycles. The van der Waals surface area contributed by atoms with Crippen LogP contribution in [0.4, 0.5) is 5.69 Å². The van der Waals surface area contributed by atoms with E-state index < -0.39 is 10.0 Å². The summed E-state index contributed by atoms with van der Waals surface area (Å²) in [6, 6.07) is 13.0. The van der Waals surface area contributed by atoms with Gasteiger partial charge in [0.05, 0.1) is 23.7 Å². The quantitative estimate of drug-likeness (QED) is 0.401. The molecular formula is C33H38N4O4S. The predicted octanol–water partition coefficient (Wildman–Crippen LogP) is 4.40. The minimum absolute atomic E-state index is 0.196. The number of ether oxygens (including phenoxy) is 1. The van der Waals surface area contributed by atoms with Crippen molar-refractivity contribution < 1.29 is 17.9 Å². The van der Waals surface area contributed by atoms with Crippen LogP contribution in [0.15, 0.2) is 47.4 Å². The molecule has 3 aromatic rings. The van der Waals surface area contributed by atoms with Gasteiger partial charge in [-0.3, -0.25) is 9.69 Å². The molecule has 42 heavy (non-hydrogen) atoms. The standard InChI is InChI=1S/C33H38N4O4S/c38-33-29(21-32-27(26-8-3-4-10-30(26)34-32)9-5-14-36-16-18-41-19-17-36)28-20-25(11-12-31(28)35-33)42(39,40)37-15-13-23-6-1-2-7-24(23)22-37/h1-2,6-7,11-12,20-21,34H,3-5,8-10,13-19,22H2,(H,35,38)/b29-21-. The van der Waals surface area contributed by atoms with Gasteiger partial charge in [-0.1, -0.05) is 24.3 Å². The molecule has 1 saturated heterocycles. The molecule has 1 aliphatic carbocycles. The summed E-state index contributed by atoms with van der Waals surface area (Å²) in [6.07, 6.45) is 9.08. The van der Waals surface area contributed by atoms with Gasteiger partial charge in [0.2, 0.25) is 10.0 Å². The maximum atomic E-state index is 13.8. The smallest absolute Gasteiger partial charge is 0.256 e. The highest BCUT2D eigenvalue weighted by atomic mass is 32.2. The van der Waals surface area contributed by atoms with Gasteiger partial charge in [0.15, 0.2) is 0 Å². The summed E-state index contributed by atoms with van der Waals surface area (Å²) in [6.45, 7) is 5.39. The van der Waals surface area contributed by atoms with Crippen LogP contribution in [-0.4, -0.2) is 67.9 Å². The van der Waals surface area contributed by atoms with Gasteiger partial charge in [-0.05, 0) is 98.0 Å². The van der Waals surface area contributed by atoms with E-state index in [9.17, 15) is 13.2 Å². The average Bonchev–Trinajstić information content (AvgIpc) is 3.53. The van der Waals surface area contributed by atoms with Gasteiger partial charge in [-0.25, -0.2) is 8.42 Å². The molecule has 0 unspecified atom stereocenters. The van der Waals surface area contributed by atoms with Gasteiger partial charge in [0.25, 0.3) is 5.91 Å². The molecule has 0 radical (unpaired) electrons. The number of aromatic nitrogens is 1. The van der Waals surface area contributed by atoms with Crippen molar-refractivity contribution in [2.45, 2.75) is 56.4 Å². The maximum absolute atomic E-state index is 13.8. The van der Waals surface area contributed by atoms with Crippen molar-refractivity contribution >= 4 is 33.3 Å². The normalized spacial score (nSPS) is 20.3. The van der Waals surface area contributed by atoms with E-state index in [2.05, 4.69) is 21.3 Å². The summed E-state index contributed by atoms with van der Waals surface area (Å²) in [5.41, 5.74) is 9.05. The first-order valence-corrected chi connectivity index (χ1v) is 16.7. The monoisotopic (exact) mass is 586 g/mol. The van der Waals surface area contributed by atoms with Gasteiger partial charge in [0, 0.05) is 48.8 Å². The fourth-order valence-corrected chi connectivity index (χ4v) is 8.37. The molecule has 2 aromatic carbocycles. The third-order valence-corrected chi connectivity index (χ3v) is 11.1. The Balaban J connectivity index is 1.18. The van der Waals surface area contributed by atoms with Crippen LogP contribution in [0.1, 0.15) is 58.5 Å². The zero-order chi connectivity index (χ0) is 28.7. The first-order chi connectivity index (χ1) is 20.5. The van der Waals surface area contributed by atoms with Crippen molar-refractivity contribution in [3.63, 3.8) is 0 Å². The number of morpholine rings is 1. The van der Waals surface area contributed by atoms with E-state index in [0.717, 1.165) is 69.8 Å². The Morgan fingerprint density at radius 2 is 1.76 bits per heavy atom. The van der Waals surface area contributed by atoms with Gasteiger partial charge in [-0.15, -0.1) is 0 Å². The zero-order valence-corrected chi connectivity index (χ0v) is 24.8. The molecule has 0 spiro atoms. The maximum Gasteiger partial charge on any atom is 0.256 e. The Kier molecular flexibility index (Phi) is 7.52. The molecule has 9 heteroatoms. The van der Waals surface area contributed by atoms with Crippen molar-refractivity contribution in [1.82, 2.24) is 14.2 Å². The highest BCUT2D eigenvalue weighted by Gasteiger charge is 2.32. The number of anilines is 1. The topological polar surface area (TPSA) is 94.7 Å². The van der Waals surface area contributed by atoms with E-state index in [4.69, 9.17) is 4.74 Å². The van der Waals surface area contributed by atoms with Gasteiger partial charge in [0.1, 0.15) is 0 Å². The van der Waals surface area contributed by atoms with E-state index in [1.165, 1.54) is 35.2 Å². The number of nitrogens with one attached hydrogen (secondary N) is 2. The molecule has 4 heterocycles. The largest absolute Gasteiger partial charge is 0.379 e. The molecule has 3 aliphatic heterocycles. The summed E-state index contributed by atoms with van der Waals surface area (Å²) in [5, 5.41) is 2.96. The number of benzene rings is 2. The van der Waals surface area contributed by atoms with E-state index in [0.29, 0.717) is 36.3 Å². The Labute approximate surface area is 247 Å². The molecule has 220 valence electrons. The summed E-state index contributed by atoms with van der Waals surface area (Å²) >= 11 is 0. The fourth-order valence-electron chi connectivity index (χ4n) is 6.93. The summed E-state index contributed by atoms with van der Waals surface area (Å²) < 4.78 is 34.6. The number of hydrogen-bond donors (Lipinski definition) is 2. The van der Waals surface area contributed by atoms with E-state index in [1.807, 2.05) is 24.3 Å². The second-order valence-electron chi connectivity index (χ2n) is 11.8. The minimum Gasteiger partial charge on any atom is -0.379 e. The second-order valence-corrected chi connectivity index (χ2v) is 13.8. The SMILES string of the molecule is O=C1Nc2ccc(S(=O)(=O)N3CCc4ccccc4C3)cc2/C1=C/c1[nH]c2c(c1CCCN1CCOCC1)CCCC2. The van der Waals surface area contributed by atoms with Crippen LogP contribution in [0.3, 0.4) is 0 Å². The van der Waals surface area contributed by atoms with Crippen molar-refractivity contribution in [2.75, 3.05) is 44.7 Å². The number of carbonyl (C=O) groups excluding carboxylic acids is 1. The number of H-pyrrole nitrogens is 1. The summed E-state index contributed by atoms with van der Waals surface area (Å²) in [4.78, 5) is 19.6. The number of hydrogen-bond acceptors (Lipinski definition) is 5. The van der Waals surface area contributed by atoms with Crippen LogP contribution >= 0.6 is 0 Å². The van der Waals surface area contributed by atoms with E-state index in [-0.39, 0.29) is 10.8 Å². The molecule has 8 nitrogen and oxygen atoms in total. The molecule has 1 fully saturated rings. The highest BCUT2D eigenvalue weighted by Crippen LogP contribution is 2.38. The molecule has 0 saturated carbocycles. The Morgan fingerprint density at radius 1 is 0.952 bits per heavy atom. The number of rotatable bonds is 7. The molecule has 1 amide bonds. The zero-order valence-electron chi connectivity index (χ0n) is 24.0. The van der Waals surface area contributed by atoms with Gasteiger partial charge >= 0.3 is 0 Å². The third-order valence-electron chi connectivity index (χ3n) is 9.24. The molecular weight excluding hydrogens is 548 g/mol. The molecule has 4 aliphatic rings. The molecule has 0 bridgehead atoms. The van der Waals surface area contributed by atoms with Crippen molar-refractivity contribution in [1.29, 1.82) is 0 Å². The lowest BCUT2D eigenvalue weighted by Gasteiger charge is -2.28. The molecule has 2 N–H and O–H groups in total. The Hall–Kier alpha value is -3.24. The number of nitrogens with zero attached hydrogens (tertiary/aromatic N) is 2. The number of aryl methyl sites for hydroxylation is 1. The van der Waals surface area contributed by atoms with E-state index in [1.54, 1.807) is 22.5 Å². The number of fused-ring (bicyclic) bond motifs is 3. The van der Waals surface area contributed by atoms with Crippen molar-refractivity contribution in [2.24, 2.45) is 0 Å². The van der Waals surface area contributed by atoms with Crippen LogP contribution in [0, 0.1) is 0 Å². The fraction of sp³-hybridized carbons (Fsp3) is 0.424. The summed E-state index contributed by atoms with van der Waals surface area (Å²) in [7, 11) is -3.73. The van der Waals surface area contributed by atoms with Crippen LogP contribution in [-0.2, 0) is 51.8 Å². The number of sulfonamides is 1. The lowest BCUT2D eigenvalue weighted by molar-refractivity contribution is -0.110. The Morgan fingerprint density at radius 3 is 2.62 bits per heavy atom. The number of amides is 1. The Bertz CT molecular complexity index is 1650. The van der Waals surface area contributed by atoms with E-state index >= 15 is 0 Å². The lowest BCUT2D eigenvalue weighted by Crippen LogP contribution is -2.37. The van der Waals surface area contributed by atoms with Crippen LogP contribution in [0.2, 0.25) is 0 Å². The highest BCUT2D eigenvalue weighted by molar-refractivity contribution is 7.89. The van der Waals surface area contributed by atoms with Gasteiger partial charge < -0.3 is 15.0 Å². The second kappa shape index (κ2) is 11.4. The first-order valence-electron chi connectivity index (χ1n) is 15.2. The third kappa shape index (κ3) is 5.24. The number of aromatic amines is 1. The number of carbonyl (C=O) groups is 1.